The Bertz CT molecular complexity index is 258. The zero-order valence-electron chi connectivity index (χ0n) is 7.85. The van der Waals surface area contributed by atoms with E-state index in [1.807, 2.05) is 13.0 Å². The van der Waals surface area contributed by atoms with Crippen molar-refractivity contribution in [1.29, 1.82) is 0 Å². The molecule has 0 aromatic heterocycles. The third kappa shape index (κ3) is 1.76. The van der Waals surface area contributed by atoms with Crippen LogP contribution in [0.25, 0.3) is 0 Å². The molecule has 0 saturated heterocycles. The maximum Gasteiger partial charge on any atom is 0.207 e. The number of amides is 1. The fourth-order valence-corrected chi connectivity index (χ4v) is 1.43. The fourth-order valence-electron chi connectivity index (χ4n) is 1.43. The number of rotatable bonds is 2. The van der Waals surface area contributed by atoms with Crippen molar-refractivity contribution in [1.82, 2.24) is 5.32 Å². The van der Waals surface area contributed by atoms with Crippen molar-refractivity contribution in [2.24, 2.45) is 0 Å². The normalized spacial score (nSPS) is 28.9. The van der Waals surface area contributed by atoms with Crippen molar-refractivity contribution in [2.75, 3.05) is 0 Å². The first-order valence-electron chi connectivity index (χ1n) is 4.14. The van der Waals surface area contributed by atoms with Crippen molar-refractivity contribution in [3.63, 3.8) is 0 Å². The van der Waals surface area contributed by atoms with Gasteiger partial charge in [-0.3, -0.25) is 4.79 Å². The Morgan fingerprint density at radius 1 is 1.67 bits per heavy atom. The average Bonchev–Trinajstić information content (AvgIpc) is 1.98. The van der Waals surface area contributed by atoms with Gasteiger partial charge in [-0.05, 0) is 27.2 Å². The minimum Gasteiger partial charge on any atom is -0.350 e. The summed E-state index contributed by atoms with van der Waals surface area (Å²) >= 11 is 0. The van der Waals surface area contributed by atoms with Crippen molar-refractivity contribution in [3.8, 4) is 0 Å². The van der Waals surface area contributed by atoms with E-state index in [0.29, 0.717) is 0 Å². The van der Waals surface area contributed by atoms with Gasteiger partial charge in [0.05, 0.1) is 5.54 Å². The molecule has 0 bridgehead atoms. The second-order valence-corrected chi connectivity index (χ2v) is 3.65. The van der Waals surface area contributed by atoms with E-state index in [1.54, 1.807) is 0 Å². The van der Waals surface area contributed by atoms with Gasteiger partial charge < -0.3 is 5.32 Å². The third-order valence-corrected chi connectivity index (χ3v) is 2.40. The Morgan fingerprint density at radius 3 is 2.83 bits per heavy atom. The van der Waals surface area contributed by atoms with Crippen molar-refractivity contribution >= 4 is 6.41 Å². The van der Waals surface area contributed by atoms with E-state index in [2.05, 4.69) is 25.2 Å². The van der Waals surface area contributed by atoms with Gasteiger partial charge in [-0.1, -0.05) is 23.3 Å². The summed E-state index contributed by atoms with van der Waals surface area (Å²) in [5, 5.41) is 2.81. The zero-order valence-corrected chi connectivity index (χ0v) is 7.85. The second kappa shape index (κ2) is 3.13. The van der Waals surface area contributed by atoms with Crippen LogP contribution in [0, 0.1) is 0 Å². The van der Waals surface area contributed by atoms with E-state index in [0.717, 1.165) is 12.8 Å². The molecule has 1 atom stereocenters. The average molecular weight is 167 g/mol. The molecule has 1 aliphatic carbocycles. The number of allylic oxidation sites excluding steroid dienone is 2. The van der Waals surface area contributed by atoms with Crippen LogP contribution in [-0.2, 0) is 4.79 Å². The summed E-state index contributed by atoms with van der Waals surface area (Å²) < 4.78 is 0. The Hall–Kier alpha value is -1.05. The lowest BCUT2D eigenvalue weighted by atomic mass is 9.86. The fraction of sp³-hybridized carbons (Fsp3) is 0.500. The molecular weight excluding hydrogens is 150 g/mol. The molecule has 0 radical (unpaired) electrons. The summed E-state index contributed by atoms with van der Waals surface area (Å²) in [7, 11) is 0. The smallest absolute Gasteiger partial charge is 0.207 e. The summed E-state index contributed by atoms with van der Waals surface area (Å²) in [6, 6.07) is 0. The van der Waals surface area contributed by atoms with E-state index >= 15 is 0 Å². The summed E-state index contributed by atoms with van der Waals surface area (Å²) in [4.78, 5) is 10.3. The number of carbonyl (C=O) groups excluding carboxylic acids is 1. The summed E-state index contributed by atoms with van der Waals surface area (Å²) in [5.41, 5.74) is 2.47. The molecule has 1 unspecified atom stereocenters. The van der Waals surface area contributed by atoms with Gasteiger partial charge in [0.1, 0.15) is 0 Å². The van der Waals surface area contributed by atoms with Crippen LogP contribution in [0.3, 0.4) is 0 Å². The first-order valence-corrected chi connectivity index (χ1v) is 4.14. The predicted molar refractivity (Wildman–Crippen MR) is 51.8 cm³/mol. The van der Waals surface area contributed by atoms with E-state index in [1.165, 1.54) is 11.1 Å². The van der Waals surface area contributed by atoms with Gasteiger partial charge in [0.15, 0.2) is 0 Å². The molecule has 0 aromatic rings. The van der Waals surface area contributed by atoms with Crippen LogP contribution in [0.1, 0.15) is 28.6 Å². The molecule has 2 nitrogen and oxygen atoms in total. The molecule has 68 valence electrons. The van der Waals surface area contributed by atoms with Crippen molar-refractivity contribution < 1.29 is 6.22 Å². The summed E-state index contributed by atoms with van der Waals surface area (Å²) in [6.45, 7) is 6.21. The lowest BCUT2D eigenvalue weighted by molar-refractivity contribution is -0.110. The third-order valence-electron chi connectivity index (χ3n) is 2.40. The number of nitrogens with one attached hydrogen (secondary N) is 1. The molecule has 0 saturated carbocycles. The number of hydrogen-bond acceptors (Lipinski definition) is 1. The first kappa shape index (κ1) is 9.04. The Morgan fingerprint density at radius 2 is 2.33 bits per heavy atom. The van der Waals surface area contributed by atoms with Gasteiger partial charge in [0.25, 0.3) is 0 Å². The van der Waals surface area contributed by atoms with Crippen molar-refractivity contribution in [2.45, 2.75) is 32.7 Å². The minimum atomic E-state index is -0.175. The Labute approximate surface area is 74.8 Å². The van der Waals surface area contributed by atoms with Gasteiger partial charge in [0, 0.05) is 1.43 Å². The molecule has 0 spiro atoms. The first-order chi connectivity index (χ1) is 5.57. The van der Waals surface area contributed by atoms with E-state index in [-0.39, 0.29) is 6.97 Å². The van der Waals surface area contributed by atoms with E-state index in [9.17, 15) is 4.79 Å². The van der Waals surface area contributed by atoms with Crippen LogP contribution in [0.2, 0.25) is 0 Å². The molecule has 2 heteroatoms. The summed E-state index contributed by atoms with van der Waals surface area (Å²) in [5.74, 6) is 0. The maximum atomic E-state index is 10.3. The molecule has 0 aliphatic heterocycles. The molecule has 1 aliphatic rings. The number of hydrogen-bond donors (Lipinski definition) is 1. The minimum absolute atomic E-state index is 0. The van der Waals surface area contributed by atoms with Crippen LogP contribution >= 0.6 is 0 Å². The lowest BCUT2D eigenvalue weighted by Crippen LogP contribution is -2.40. The molecule has 0 aromatic carbocycles. The van der Waals surface area contributed by atoms with Crippen LogP contribution in [0.4, 0.5) is 0 Å². The van der Waals surface area contributed by atoms with Gasteiger partial charge in [-0.25, -0.2) is 0 Å². The SMILES string of the molecule is CC1=C(C)CC(C)(NC=O)C=C1.[HH]. The highest BCUT2D eigenvalue weighted by atomic mass is 16.1. The highest BCUT2D eigenvalue weighted by molar-refractivity contribution is 5.50. The van der Waals surface area contributed by atoms with E-state index < -0.39 is 0 Å². The van der Waals surface area contributed by atoms with E-state index in [4.69, 9.17) is 0 Å². The molecule has 12 heavy (non-hydrogen) atoms. The molecule has 1 rings (SSSR count). The van der Waals surface area contributed by atoms with Crippen LogP contribution in [0.15, 0.2) is 23.3 Å². The molecule has 1 N–H and O–H groups in total. The van der Waals surface area contributed by atoms with Crippen LogP contribution in [-0.4, -0.2) is 11.9 Å². The predicted octanol–water partition coefficient (Wildman–Crippen LogP) is 2.03. The second-order valence-electron chi connectivity index (χ2n) is 3.65. The molecule has 0 heterocycles. The van der Waals surface area contributed by atoms with Crippen LogP contribution in [0.5, 0.6) is 0 Å². The Balaban J connectivity index is 0.00000144. The summed E-state index contributed by atoms with van der Waals surface area (Å²) in [6.07, 6.45) is 5.78. The standard InChI is InChI=1S/C10H15NO.H2/c1-8-4-5-10(3,11-7-12)6-9(8)2;/h4-5,7H,6H2,1-3H3,(H,11,12);1H. The monoisotopic (exact) mass is 167 g/mol. The molecule has 1 amide bonds. The zero-order chi connectivity index (χ0) is 9.19. The molecule has 0 fully saturated rings. The van der Waals surface area contributed by atoms with Gasteiger partial charge in [-0.15, -0.1) is 0 Å². The topological polar surface area (TPSA) is 29.1 Å². The molecular formula is C10H17NO. The quantitative estimate of drug-likeness (QED) is 0.626. The number of carbonyl (C=O) groups is 1. The van der Waals surface area contributed by atoms with Gasteiger partial charge in [0.2, 0.25) is 6.41 Å². The van der Waals surface area contributed by atoms with Gasteiger partial charge in [-0.2, -0.15) is 0 Å². The van der Waals surface area contributed by atoms with Crippen molar-refractivity contribution in [3.05, 3.63) is 23.3 Å². The largest absolute Gasteiger partial charge is 0.350 e. The lowest BCUT2D eigenvalue weighted by Gasteiger charge is -2.29. The van der Waals surface area contributed by atoms with Gasteiger partial charge >= 0.3 is 0 Å². The maximum absolute atomic E-state index is 10.3. The highest BCUT2D eigenvalue weighted by Crippen LogP contribution is 2.25. The van der Waals surface area contributed by atoms with Crippen LogP contribution < -0.4 is 5.32 Å². The Kier molecular flexibility index (Phi) is 2.36. The highest BCUT2D eigenvalue weighted by Gasteiger charge is 2.23.